The second-order valence-electron chi connectivity index (χ2n) is 11.6. The quantitative estimate of drug-likeness (QED) is 0.133. The Labute approximate surface area is 262 Å². The first-order valence-electron chi connectivity index (χ1n) is 14.2. The second kappa shape index (κ2) is 12.9. The molecule has 1 fully saturated rings. The summed E-state index contributed by atoms with van der Waals surface area (Å²) >= 11 is 1.89. The van der Waals surface area contributed by atoms with E-state index in [4.69, 9.17) is 4.98 Å². The average Bonchev–Trinajstić information content (AvgIpc) is 3.67. The molecule has 1 aliphatic rings. The first-order chi connectivity index (χ1) is 19.5. The summed E-state index contributed by atoms with van der Waals surface area (Å²) in [5, 5.41) is 4.33. The molecule has 7 rings (SSSR count). The topological polar surface area (TPSA) is 25.8 Å². The van der Waals surface area contributed by atoms with Crippen molar-refractivity contribution in [2.75, 3.05) is 0 Å². The first-order valence-corrected chi connectivity index (χ1v) is 18.5. The van der Waals surface area contributed by atoms with Crippen molar-refractivity contribution in [1.29, 1.82) is 0 Å². The van der Waals surface area contributed by atoms with Crippen LogP contribution in [0.1, 0.15) is 37.2 Å². The molecular formula is C36H34IrN2SSi-2. The van der Waals surface area contributed by atoms with Crippen LogP contribution in [0.15, 0.2) is 97.3 Å². The number of benzene rings is 3. The van der Waals surface area contributed by atoms with Crippen LogP contribution in [0, 0.1) is 12.1 Å². The van der Waals surface area contributed by atoms with E-state index in [2.05, 4.69) is 85.4 Å². The number of thiophene rings is 1. The van der Waals surface area contributed by atoms with E-state index in [1.165, 1.54) is 56.6 Å². The summed E-state index contributed by atoms with van der Waals surface area (Å²) in [4.78, 5) is 9.11. The Kier molecular flexibility index (Phi) is 9.30. The summed E-state index contributed by atoms with van der Waals surface area (Å²) in [6.07, 6.45) is 9.26. The summed E-state index contributed by atoms with van der Waals surface area (Å²) < 4.78 is 2.71. The molecule has 3 heterocycles. The molecule has 0 bridgehead atoms. The molecule has 2 nitrogen and oxygen atoms in total. The number of pyridine rings is 2. The summed E-state index contributed by atoms with van der Waals surface area (Å²) in [6.45, 7) is 7.28. The van der Waals surface area contributed by atoms with Crippen LogP contribution in [0.4, 0.5) is 0 Å². The Morgan fingerprint density at radius 2 is 1.59 bits per heavy atom. The third-order valence-corrected chi connectivity index (χ3v) is 11.0. The number of nitrogens with zero attached hydrogens (tertiary/aromatic N) is 2. The number of hydrogen-bond donors (Lipinski definition) is 0. The van der Waals surface area contributed by atoms with Gasteiger partial charge in [-0.15, -0.1) is 58.8 Å². The molecule has 0 atom stereocenters. The van der Waals surface area contributed by atoms with Gasteiger partial charge in [0.1, 0.15) is 0 Å². The fourth-order valence-electron chi connectivity index (χ4n) is 5.68. The zero-order valence-electron chi connectivity index (χ0n) is 23.8. The van der Waals surface area contributed by atoms with E-state index in [-0.39, 0.29) is 20.1 Å². The van der Waals surface area contributed by atoms with E-state index in [0.717, 1.165) is 22.5 Å². The monoisotopic (exact) mass is 747 g/mol. The molecule has 0 amide bonds. The number of hydrogen-bond acceptors (Lipinski definition) is 3. The van der Waals surface area contributed by atoms with Crippen molar-refractivity contribution in [2.24, 2.45) is 0 Å². The van der Waals surface area contributed by atoms with Crippen LogP contribution < -0.4 is 5.19 Å². The molecule has 0 aliphatic heterocycles. The average molecular weight is 747 g/mol. The fourth-order valence-corrected chi connectivity index (χ4v) is 8.52. The molecule has 1 aliphatic carbocycles. The minimum Gasteiger partial charge on any atom is -0.305 e. The maximum atomic E-state index is 4.89. The molecule has 209 valence electrons. The maximum absolute atomic E-state index is 4.89. The van der Waals surface area contributed by atoms with Crippen molar-refractivity contribution in [3.63, 3.8) is 0 Å². The van der Waals surface area contributed by atoms with Gasteiger partial charge in [-0.05, 0) is 57.9 Å². The van der Waals surface area contributed by atoms with Gasteiger partial charge in [0, 0.05) is 45.3 Å². The Balaban J connectivity index is 0.000000218. The van der Waals surface area contributed by atoms with Crippen molar-refractivity contribution in [1.82, 2.24) is 9.97 Å². The third-order valence-electron chi connectivity index (χ3n) is 7.78. The summed E-state index contributed by atoms with van der Waals surface area (Å²) in [6, 6.07) is 36.1. The van der Waals surface area contributed by atoms with Crippen LogP contribution in [0.25, 0.3) is 42.7 Å². The predicted octanol–water partition coefficient (Wildman–Crippen LogP) is 9.67. The molecule has 6 aromatic rings. The van der Waals surface area contributed by atoms with Gasteiger partial charge >= 0.3 is 0 Å². The Morgan fingerprint density at radius 1 is 0.805 bits per heavy atom. The summed E-state index contributed by atoms with van der Waals surface area (Å²) in [5.74, 6) is 0.712. The zero-order chi connectivity index (χ0) is 27.5. The standard InChI is InChI=1S/C25H26NSSi.C11H8N.Ir/c1-28(2,3)23-15-13-19(25-24(23)20-10-6-7-11-22(20)27-25)21-14-12-18(16-26-21)17-8-4-5-9-17;1-2-6-10(7-3-1)11-8-4-5-9-12-11;/h6-7,10-12,14-17H,4-5,8-9H2,1-3H3;1-6,8-9H;/q2*-1;. The summed E-state index contributed by atoms with van der Waals surface area (Å²) in [5.41, 5.74) is 5.64. The van der Waals surface area contributed by atoms with Crippen LogP contribution in [0.2, 0.25) is 19.6 Å². The molecule has 0 N–H and O–H groups in total. The molecule has 3 aromatic carbocycles. The molecule has 0 spiro atoms. The van der Waals surface area contributed by atoms with E-state index < -0.39 is 8.07 Å². The molecule has 3 aromatic heterocycles. The van der Waals surface area contributed by atoms with E-state index in [0.29, 0.717) is 5.92 Å². The SMILES string of the molecule is C[Si](C)(C)c1c[c-]c(-c2ccc(C3CCCC3)cn2)c2sc3ccccc3c12.[Ir].[c-]1ccccc1-c1ccccn1. The molecule has 5 heteroatoms. The van der Waals surface area contributed by atoms with Gasteiger partial charge in [-0.2, -0.15) is 11.3 Å². The minimum atomic E-state index is -1.47. The predicted molar refractivity (Wildman–Crippen MR) is 174 cm³/mol. The van der Waals surface area contributed by atoms with Gasteiger partial charge < -0.3 is 9.97 Å². The number of aromatic nitrogens is 2. The largest absolute Gasteiger partial charge is 0.305 e. The molecule has 1 radical (unpaired) electrons. The molecule has 0 unspecified atom stereocenters. The smallest absolute Gasteiger partial charge is 0.0300 e. The number of rotatable bonds is 4. The van der Waals surface area contributed by atoms with E-state index in [9.17, 15) is 0 Å². The maximum Gasteiger partial charge on any atom is 0.0300 e. The van der Waals surface area contributed by atoms with Crippen molar-refractivity contribution in [2.45, 2.75) is 51.2 Å². The van der Waals surface area contributed by atoms with Crippen LogP contribution in [-0.2, 0) is 20.1 Å². The van der Waals surface area contributed by atoms with Crippen LogP contribution >= 0.6 is 11.3 Å². The Hall–Kier alpha value is -2.95. The Bertz CT molecular complexity index is 1680. The van der Waals surface area contributed by atoms with Gasteiger partial charge in [0.15, 0.2) is 0 Å². The molecular weight excluding hydrogens is 713 g/mol. The van der Waals surface area contributed by atoms with Gasteiger partial charge in [-0.1, -0.05) is 80.3 Å². The Morgan fingerprint density at radius 3 is 2.27 bits per heavy atom. The zero-order valence-corrected chi connectivity index (χ0v) is 28.0. The minimum absolute atomic E-state index is 0. The van der Waals surface area contributed by atoms with E-state index in [1.807, 2.05) is 53.8 Å². The van der Waals surface area contributed by atoms with Crippen LogP contribution in [0.5, 0.6) is 0 Å². The van der Waals surface area contributed by atoms with Crippen molar-refractivity contribution in [3.05, 3.63) is 115 Å². The molecule has 0 saturated heterocycles. The van der Waals surface area contributed by atoms with Crippen molar-refractivity contribution < 1.29 is 20.1 Å². The van der Waals surface area contributed by atoms with E-state index in [1.54, 1.807) is 6.20 Å². The van der Waals surface area contributed by atoms with Gasteiger partial charge in [-0.25, -0.2) is 0 Å². The first kappa shape index (κ1) is 29.5. The summed E-state index contributed by atoms with van der Waals surface area (Å²) in [7, 11) is -1.47. The van der Waals surface area contributed by atoms with Gasteiger partial charge in [0.25, 0.3) is 0 Å². The van der Waals surface area contributed by atoms with Gasteiger partial charge in [0.05, 0.1) is 0 Å². The third kappa shape index (κ3) is 6.44. The van der Waals surface area contributed by atoms with Gasteiger partial charge in [-0.3, -0.25) is 0 Å². The van der Waals surface area contributed by atoms with E-state index >= 15 is 0 Å². The number of fused-ring (bicyclic) bond motifs is 3. The molecule has 41 heavy (non-hydrogen) atoms. The van der Waals surface area contributed by atoms with Crippen LogP contribution in [0.3, 0.4) is 0 Å². The van der Waals surface area contributed by atoms with Gasteiger partial charge in [0.2, 0.25) is 0 Å². The molecule has 1 saturated carbocycles. The fraction of sp³-hybridized carbons (Fsp3) is 0.222. The van der Waals surface area contributed by atoms with Crippen molar-refractivity contribution >= 4 is 44.8 Å². The van der Waals surface area contributed by atoms with Crippen molar-refractivity contribution in [3.8, 4) is 22.5 Å². The second-order valence-corrected chi connectivity index (χ2v) is 17.7. The van der Waals surface area contributed by atoms with Crippen LogP contribution in [-0.4, -0.2) is 18.0 Å². The normalized spacial score (nSPS) is 13.5.